The van der Waals surface area contributed by atoms with Crippen molar-refractivity contribution in [3.8, 4) is 0 Å². The molecule has 4 nitrogen and oxygen atoms in total. The van der Waals surface area contributed by atoms with Crippen LogP contribution in [0.15, 0.2) is 42.5 Å². The molecule has 2 aromatic rings. The summed E-state index contributed by atoms with van der Waals surface area (Å²) in [6.45, 7) is 3.82. The lowest BCUT2D eigenvalue weighted by Crippen LogP contribution is -2.34. The summed E-state index contributed by atoms with van der Waals surface area (Å²) < 4.78 is 25.0. The minimum absolute atomic E-state index is 0.587. The van der Waals surface area contributed by atoms with E-state index < -0.39 is 10.0 Å². The molecule has 1 fully saturated rings. The molecule has 1 aliphatic rings. The summed E-state index contributed by atoms with van der Waals surface area (Å²) in [5, 5.41) is 2.54. The quantitative estimate of drug-likeness (QED) is 0.872. The number of benzene rings is 2. The number of nitrogens with zero attached hydrogens (tertiary/aromatic N) is 2. The fourth-order valence-corrected chi connectivity index (χ4v) is 3.98. The molecule has 0 spiro atoms. The van der Waals surface area contributed by atoms with E-state index in [0.29, 0.717) is 13.1 Å². The highest BCUT2D eigenvalue weighted by atomic mass is 32.2. The molecule has 0 radical (unpaired) electrons. The van der Waals surface area contributed by atoms with E-state index in [2.05, 4.69) is 47.4 Å². The molecular formula is C17H22N2O2S. The van der Waals surface area contributed by atoms with Gasteiger partial charge in [0.15, 0.2) is 0 Å². The number of sulfonamides is 1. The smallest absolute Gasteiger partial charge is 0.211 e. The second kappa shape index (κ2) is 6.36. The van der Waals surface area contributed by atoms with Crippen LogP contribution in [-0.2, 0) is 16.6 Å². The Kier molecular flexibility index (Phi) is 4.47. The van der Waals surface area contributed by atoms with Crippen LogP contribution in [-0.4, -0.2) is 50.1 Å². The Morgan fingerprint density at radius 3 is 2.55 bits per heavy atom. The van der Waals surface area contributed by atoms with Crippen LogP contribution in [0.2, 0.25) is 0 Å². The summed E-state index contributed by atoms with van der Waals surface area (Å²) in [7, 11) is -3.07. The van der Waals surface area contributed by atoms with Gasteiger partial charge < -0.3 is 0 Å². The van der Waals surface area contributed by atoms with Gasteiger partial charge in [0.1, 0.15) is 0 Å². The van der Waals surface area contributed by atoms with Crippen molar-refractivity contribution in [2.75, 3.05) is 32.4 Å². The van der Waals surface area contributed by atoms with E-state index >= 15 is 0 Å². The lowest BCUT2D eigenvalue weighted by molar-refractivity contribution is 0.280. The summed E-state index contributed by atoms with van der Waals surface area (Å²) in [4.78, 5) is 2.35. The second-order valence-corrected chi connectivity index (χ2v) is 7.91. The average molecular weight is 318 g/mol. The summed E-state index contributed by atoms with van der Waals surface area (Å²) in [5.41, 5.74) is 1.31. The maximum Gasteiger partial charge on any atom is 0.211 e. The van der Waals surface area contributed by atoms with Crippen LogP contribution >= 0.6 is 0 Å². The molecule has 0 aromatic heterocycles. The first-order valence-corrected chi connectivity index (χ1v) is 9.53. The van der Waals surface area contributed by atoms with Gasteiger partial charge in [0, 0.05) is 26.2 Å². The first kappa shape index (κ1) is 15.5. The summed E-state index contributed by atoms with van der Waals surface area (Å²) in [5.74, 6) is 0. The number of hydrogen-bond acceptors (Lipinski definition) is 3. The predicted molar refractivity (Wildman–Crippen MR) is 90.3 cm³/mol. The van der Waals surface area contributed by atoms with Gasteiger partial charge >= 0.3 is 0 Å². The molecule has 1 saturated heterocycles. The minimum Gasteiger partial charge on any atom is -0.298 e. The van der Waals surface area contributed by atoms with Crippen LogP contribution < -0.4 is 0 Å². The third-order valence-electron chi connectivity index (χ3n) is 4.29. The fraction of sp³-hybridized carbons (Fsp3) is 0.412. The molecule has 0 bridgehead atoms. The molecule has 0 saturated carbocycles. The Morgan fingerprint density at radius 2 is 1.73 bits per heavy atom. The van der Waals surface area contributed by atoms with Gasteiger partial charge in [-0.3, -0.25) is 4.90 Å². The van der Waals surface area contributed by atoms with Crippen molar-refractivity contribution in [2.45, 2.75) is 13.0 Å². The van der Waals surface area contributed by atoms with E-state index in [9.17, 15) is 8.42 Å². The molecule has 3 rings (SSSR count). The Hall–Kier alpha value is -1.43. The van der Waals surface area contributed by atoms with E-state index in [4.69, 9.17) is 0 Å². The maximum absolute atomic E-state index is 11.7. The molecule has 2 aromatic carbocycles. The SMILES string of the molecule is CS(=O)(=O)N1CCCN(Cc2cccc3ccccc23)CC1. The molecule has 0 aliphatic carbocycles. The Balaban J connectivity index is 1.75. The van der Waals surface area contributed by atoms with Crippen LogP contribution in [0.5, 0.6) is 0 Å². The number of hydrogen-bond donors (Lipinski definition) is 0. The van der Waals surface area contributed by atoms with Gasteiger partial charge in [0.25, 0.3) is 0 Å². The highest BCUT2D eigenvalue weighted by Gasteiger charge is 2.21. The van der Waals surface area contributed by atoms with Crippen molar-refractivity contribution in [3.63, 3.8) is 0 Å². The van der Waals surface area contributed by atoms with Gasteiger partial charge in [-0.25, -0.2) is 12.7 Å². The topological polar surface area (TPSA) is 40.6 Å². The van der Waals surface area contributed by atoms with Gasteiger partial charge in [-0.2, -0.15) is 0 Å². The molecule has 0 unspecified atom stereocenters. The molecule has 0 atom stereocenters. The molecule has 5 heteroatoms. The van der Waals surface area contributed by atoms with Crippen LogP contribution in [0.4, 0.5) is 0 Å². The Labute approximate surface area is 132 Å². The first-order chi connectivity index (χ1) is 10.5. The van der Waals surface area contributed by atoms with Gasteiger partial charge in [-0.05, 0) is 29.3 Å². The van der Waals surface area contributed by atoms with Crippen molar-refractivity contribution in [1.82, 2.24) is 9.21 Å². The Morgan fingerprint density at radius 1 is 0.955 bits per heavy atom. The van der Waals surface area contributed by atoms with Crippen molar-refractivity contribution in [1.29, 1.82) is 0 Å². The van der Waals surface area contributed by atoms with Gasteiger partial charge in [-0.15, -0.1) is 0 Å². The minimum atomic E-state index is -3.07. The summed E-state index contributed by atoms with van der Waals surface area (Å²) >= 11 is 0. The van der Waals surface area contributed by atoms with Crippen LogP contribution in [0, 0.1) is 0 Å². The monoisotopic (exact) mass is 318 g/mol. The lowest BCUT2D eigenvalue weighted by atomic mass is 10.0. The van der Waals surface area contributed by atoms with Crippen molar-refractivity contribution in [3.05, 3.63) is 48.0 Å². The third-order valence-corrected chi connectivity index (χ3v) is 5.59. The van der Waals surface area contributed by atoms with Crippen molar-refractivity contribution in [2.24, 2.45) is 0 Å². The van der Waals surface area contributed by atoms with E-state index in [0.717, 1.165) is 26.1 Å². The first-order valence-electron chi connectivity index (χ1n) is 7.68. The summed E-state index contributed by atoms with van der Waals surface area (Å²) in [6, 6.07) is 14.8. The highest BCUT2D eigenvalue weighted by Crippen LogP contribution is 2.20. The molecule has 22 heavy (non-hydrogen) atoms. The van der Waals surface area contributed by atoms with Crippen molar-refractivity contribution < 1.29 is 8.42 Å². The van der Waals surface area contributed by atoms with E-state index in [1.54, 1.807) is 4.31 Å². The fourth-order valence-electron chi connectivity index (χ4n) is 3.11. The largest absolute Gasteiger partial charge is 0.298 e. The number of fused-ring (bicyclic) bond motifs is 1. The van der Waals surface area contributed by atoms with Gasteiger partial charge in [0.2, 0.25) is 10.0 Å². The van der Waals surface area contributed by atoms with Crippen LogP contribution in [0.25, 0.3) is 10.8 Å². The zero-order valence-electron chi connectivity index (χ0n) is 12.9. The zero-order chi connectivity index (χ0) is 15.6. The van der Waals surface area contributed by atoms with Gasteiger partial charge in [0.05, 0.1) is 6.26 Å². The maximum atomic E-state index is 11.7. The standard InChI is InChI=1S/C17H22N2O2S/c1-22(20,21)19-11-5-10-18(12-13-19)14-16-8-4-7-15-6-2-3-9-17(15)16/h2-4,6-9H,5,10-14H2,1H3. The molecule has 0 N–H and O–H groups in total. The molecule has 0 amide bonds. The average Bonchev–Trinajstić information content (AvgIpc) is 2.73. The molecular weight excluding hydrogens is 296 g/mol. The predicted octanol–water partition coefficient (Wildman–Crippen LogP) is 2.31. The molecule has 1 heterocycles. The number of rotatable bonds is 3. The van der Waals surface area contributed by atoms with Crippen LogP contribution in [0.3, 0.4) is 0 Å². The van der Waals surface area contributed by atoms with E-state index in [1.807, 2.05) is 0 Å². The molecule has 1 aliphatic heterocycles. The normalized spacial score (nSPS) is 18.4. The highest BCUT2D eigenvalue weighted by molar-refractivity contribution is 7.88. The molecule has 118 valence electrons. The third kappa shape index (κ3) is 3.48. The zero-order valence-corrected chi connectivity index (χ0v) is 13.7. The van der Waals surface area contributed by atoms with E-state index in [-0.39, 0.29) is 0 Å². The second-order valence-electron chi connectivity index (χ2n) is 5.93. The van der Waals surface area contributed by atoms with E-state index in [1.165, 1.54) is 22.6 Å². The Bertz CT molecular complexity index is 753. The lowest BCUT2D eigenvalue weighted by Gasteiger charge is -2.21. The van der Waals surface area contributed by atoms with Gasteiger partial charge in [-0.1, -0.05) is 42.5 Å². The van der Waals surface area contributed by atoms with Crippen LogP contribution in [0.1, 0.15) is 12.0 Å². The summed E-state index contributed by atoms with van der Waals surface area (Å²) in [6.07, 6.45) is 2.19. The van der Waals surface area contributed by atoms with Crippen molar-refractivity contribution >= 4 is 20.8 Å².